The highest BCUT2D eigenvalue weighted by molar-refractivity contribution is 5.99. The lowest BCUT2D eigenvalue weighted by molar-refractivity contribution is -0.151. The largest absolute Gasteiger partial charge is 0.461 e. The molecule has 43 heavy (non-hydrogen) atoms. The van der Waals surface area contributed by atoms with Crippen molar-refractivity contribution < 1.29 is 37.9 Å². The van der Waals surface area contributed by atoms with Gasteiger partial charge < -0.3 is 29.7 Å². The number of ether oxygens (including phenoxy) is 2. The quantitative estimate of drug-likeness (QED) is 0.248. The maximum absolute atomic E-state index is 15.1. The Morgan fingerprint density at radius 2 is 2.05 bits per heavy atom. The molecule has 12 nitrogen and oxygen atoms in total. The van der Waals surface area contributed by atoms with Gasteiger partial charge in [-0.25, -0.2) is 9.18 Å². The highest BCUT2D eigenvalue weighted by Crippen LogP contribution is 2.29. The van der Waals surface area contributed by atoms with Gasteiger partial charge in [0.2, 0.25) is 5.91 Å². The number of nitrogens with one attached hydrogen (secondary N) is 2. The second-order valence-corrected chi connectivity index (χ2v) is 10.7. The van der Waals surface area contributed by atoms with Crippen LogP contribution in [0.3, 0.4) is 0 Å². The normalized spacial score (nSPS) is 18.6. The molecule has 2 aliphatic heterocycles. The van der Waals surface area contributed by atoms with Crippen molar-refractivity contribution in [2.24, 2.45) is 5.16 Å². The number of amides is 2. The zero-order valence-electron chi connectivity index (χ0n) is 24.4. The van der Waals surface area contributed by atoms with Crippen molar-refractivity contribution in [1.29, 1.82) is 0 Å². The summed E-state index contributed by atoms with van der Waals surface area (Å²) < 4.78 is 26.0. The van der Waals surface area contributed by atoms with E-state index in [2.05, 4.69) is 20.8 Å². The summed E-state index contributed by atoms with van der Waals surface area (Å²) in [7, 11) is 0. The number of benzene rings is 1. The molecule has 3 atom stereocenters. The number of hydrogen-bond donors (Lipinski definition) is 2. The van der Waals surface area contributed by atoms with E-state index in [0.29, 0.717) is 53.9 Å². The molecule has 4 rings (SSSR count). The summed E-state index contributed by atoms with van der Waals surface area (Å²) in [4.78, 5) is 57.5. The van der Waals surface area contributed by atoms with Crippen molar-refractivity contribution in [1.82, 2.24) is 15.6 Å². The predicted molar refractivity (Wildman–Crippen MR) is 155 cm³/mol. The summed E-state index contributed by atoms with van der Waals surface area (Å²) in [5, 5.41) is 10.0. The molecule has 2 N–H and O–H groups in total. The first-order chi connectivity index (χ1) is 20.6. The Morgan fingerprint density at radius 3 is 2.72 bits per heavy atom. The monoisotopic (exact) mass is 597 g/mol. The van der Waals surface area contributed by atoms with Crippen LogP contribution in [0.25, 0.3) is 11.1 Å². The van der Waals surface area contributed by atoms with Gasteiger partial charge in [-0.3, -0.25) is 19.5 Å². The van der Waals surface area contributed by atoms with E-state index in [0.717, 1.165) is 0 Å². The molecule has 0 spiro atoms. The van der Waals surface area contributed by atoms with Crippen LogP contribution in [0.15, 0.2) is 41.7 Å². The van der Waals surface area contributed by atoms with E-state index < -0.39 is 30.1 Å². The minimum Gasteiger partial charge on any atom is -0.461 e. The van der Waals surface area contributed by atoms with Crippen molar-refractivity contribution in [2.75, 3.05) is 24.5 Å². The molecule has 3 unspecified atom stereocenters. The lowest BCUT2D eigenvalue weighted by atomic mass is 10.0. The Balaban J connectivity index is 1.35. The molecule has 230 valence electrons. The van der Waals surface area contributed by atoms with Crippen LogP contribution in [-0.4, -0.2) is 78.9 Å². The van der Waals surface area contributed by atoms with Gasteiger partial charge in [0, 0.05) is 56.1 Å². The third-order valence-corrected chi connectivity index (χ3v) is 6.86. The number of hydrogen-bond acceptors (Lipinski definition) is 10. The van der Waals surface area contributed by atoms with Crippen LogP contribution in [0, 0.1) is 5.82 Å². The summed E-state index contributed by atoms with van der Waals surface area (Å²) in [5.74, 6) is -1.20. The molecule has 3 heterocycles. The molecule has 0 radical (unpaired) electrons. The zero-order chi connectivity index (χ0) is 30.9. The third-order valence-electron chi connectivity index (χ3n) is 6.86. The number of oxime groups is 1. The van der Waals surface area contributed by atoms with Gasteiger partial charge >= 0.3 is 12.1 Å². The van der Waals surface area contributed by atoms with Crippen molar-refractivity contribution >= 4 is 35.7 Å². The lowest BCUT2D eigenvalue weighted by Gasteiger charge is -2.21. The minimum absolute atomic E-state index is 0.0275. The number of rotatable bonds is 14. The topological polar surface area (TPSA) is 149 Å². The Morgan fingerprint density at radius 1 is 1.23 bits per heavy atom. The summed E-state index contributed by atoms with van der Waals surface area (Å²) >= 11 is 0. The van der Waals surface area contributed by atoms with Crippen molar-refractivity contribution in [3.05, 3.63) is 48.0 Å². The molecule has 1 saturated heterocycles. The molecular formula is C30H36FN5O7. The van der Waals surface area contributed by atoms with Gasteiger partial charge in [-0.1, -0.05) is 25.1 Å². The molecular weight excluding hydrogens is 561 g/mol. The first-order valence-corrected chi connectivity index (χ1v) is 14.2. The van der Waals surface area contributed by atoms with E-state index in [1.165, 1.54) is 17.9 Å². The summed E-state index contributed by atoms with van der Waals surface area (Å²) in [6.45, 7) is 6.16. The van der Waals surface area contributed by atoms with Gasteiger partial charge in [-0.2, -0.15) is 0 Å². The second kappa shape index (κ2) is 14.7. The minimum atomic E-state index is -0.607. The van der Waals surface area contributed by atoms with Crippen molar-refractivity contribution in [3.8, 4) is 11.1 Å². The standard InChI is InChI=1S/C30H36FN5O7/c1-18(2)32-15-23(41-29(39)5-4-10-37)12-22-13-28(35-43-22)27-9-6-20(14-34-27)25-8-7-21(11-26(25)31)36-17-24(42-30(36)40)16-33-19(3)38/h6-11,14,18,22-24,32H,4-5,12-13,15-17H2,1-3H3,(H,33,38). The highest BCUT2D eigenvalue weighted by atomic mass is 19.1. The van der Waals surface area contributed by atoms with E-state index in [-0.39, 0.29) is 44.0 Å². The van der Waals surface area contributed by atoms with Gasteiger partial charge in [0.15, 0.2) is 0 Å². The molecule has 0 bridgehead atoms. The number of anilines is 1. The van der Waals surface area contributed by atoms with Gasteiger partial charge in [0.1, 0.15) is 36.1 Å². The van der Waals surface area contributed by atoms with Crippen LogP contribution in [0.2, 0.25) is 0 Å². The van der Waals surface area contributed by atoms with E-state index in [9.17, 15) is 19.2 Å². The number of aromatic nitrogens is 1. The molecule has 2 aliphatic rings. The van der Waals surface area contributed by atoms with E-state index >= 15 is 4.39 Å². The Hall–Kier alpha value is -4.39. The summed E-state index contributed by atoms with van der Waals surface area (Å²) in [6, 6.07) is 8.12. The summed E-state index contributed by atoms with van der Waals surface area (Å²) in [6.07, 6.45) is 1.32. The molecule has 2 amide bonds. The number of carbonyl (C=O) groups is 4. The van der Waals surface area contributed by atoms with Crippen LogP contribution < -0.4 is 15.5 Å². The Labute approximate surface area is 248 Å². The molecule has 13 heteroatoms. The fourth-order valence-electron chi connectivity index (χ4n) is 4.69. The molecule has 2 aromatic rings. The van der Waals surface area contributed by atoms with Crippen LogP contribution in [0.1, 0.15) is 52.1 Å². The zero-order valence-corrected chi connectivity index (χ0v) is 24.4. The number of halogens is 1. The van der Waals surface area contributed by atoms with Gasteiger partial charge in [-0.05, 0) is 24.3 Å². The number of esters is 1. The smallest absolute Gasteiger partial charge is 0.414 e. The van der Waals surface area contributed by atoms with Crippen LogP contribution in [-0.2, 0) is 28.7 Å². The lowest BCUT2D eigenvalue weighted by Crippen LogP contribution is -2.37. The molecule has 0 saturated carbocycles. The number of cyclic esters (lactones) is 1. The molecule has 1 aromatic heterocycles. The maximum Gasteiger partial charge on any atom is 0.414 e. The SMILES string of the molecule is CC(=O)NCC1CN(c2ccc(-c3ccc(C4=NOC(CC(CNC(C)C)OC(=O)CCC=O)C4)nc3)c(F)c2)C(=O)O1. The van der Waals surface area contributed by atoms with Crippen molar-refractivity contribution in [3.63, 3.8) is 0 Å². The fraction of sp³-hybridized carbons (Fsp3) is 0.467. The number of aldehydes is 1. The molecule has 1 fully saturated rings. The first kappa shape index (κ1) is 31.5. The van der Waals surface area contributed by atoms with Crippen LogP contribution >= 0.6 is 0 Å². The molecule has 1 aromatic carbocycles. The van der Waals surface area contributed by atoms with Crippen LogP contribution in [0.5, 0.6) is 0 Å². The summed E-state index contributed by atoms with van der Waals surface area (Å²) in [5.41, 5.74) is 2.40. The highest BCUT2D eigenvalue weighted by Gasteiger charge is 2.33. The number of carbonyl (C=O) groups excluding carboxylic acids is 4. The Kier molecular flexibility index (Phi) is 10.8. The first-order valence-electron chi connectivity index (χ1n) is 14.2. The maximum atomic E-state index is 15.1. The molecule has 0 aliphatic carbocycles. The fourth-order valence-corrected chi connectivity index (χ4v) is 4.69. The average molecular weight is 598 g/mol. The van der Waals surface area contributed by atoms with Gasteiger partial charge in [-0.15, -0.1) is 0 Å². The van der Waals surface area contributed by atoms with Crippen LogP contribution in [0.4, 0.5) is 14.9 Å². The van der Waals surface area contributed by atoms with E-state index in [1.54, 1.807) is 30.5 Å². The second-order valence-electron chi connectivity index (χ2n) is 10.7. The van der Waals surface area contributed by atoms with Gasteiger partial charge in [0.05, 0.1) is 30.9 Å². The van der Waals surface area contributed by atoms with E-state index in [1.807, 2.05) is 13.8 Å². The number of pyridine rings is 1. The predicted octanol–water partition coefficient (Wildman–Crippen LogP) is 3.12. The Bertz CT molecular complexity index is 1350. The van der Waals surface area contributed by atoms with Gasteiger partial charge in [0.25, 0.3) is 0 Å². The third kappa shape index (κ3) is 8.80. The van der Waals surface area contributed by atoms with Crippen molar-refractivity contribution in [2.45, 2.75) is 70.8 Å². The van der Waals surface area contributed by atoms with E-state index in [4.69, 9.17) is 14.3 Å². The number of nitrogens with zero attached hydrogens (tertiary/aromatic N) is 3. The average Bonchev–Trinajstić information content (AvgIpc) is 3.60.